The highest BCUT2D eigenvalue weighted by Crippen LogP contribution is 2.24. The maximum absolute atomic E-state index is 11.5. The zero-order valence-corrected chi connectivity index (χ0v) is 9.14. The molecule has 0 spiro atoms. The van der Waals surface area contributed by atoms with Gasteiger partial charge in [0.25, 0.3) is 0 Å². The summed E-state index contributed by atoms with van der Waals surface area (Å²) in [6.07, 6.45) is 0.929. The summed E-state index contributed by atoms with van der Waals surface area (Å²) in [4.78, 5) is 11.5. The Morgan fingerprint density at radius 1 is 1.43 bits per heavy atom. The van der Waals surface area contributed by atoms with Crippen LogP contribution in [-0.4, -0.2) is 17.3 Å². The second-order valence-corrected chi connectivity index (χ2v) is 4.84. The van der Waals surface area contributed by atoms with Crippen molar-refractivity contribution in [1.29, 1.82) is 0 Å². The lowest BCUT2D eigenvalue weighted by molar-refractivity contribution is -0.119. The molecule has 1 nitrogen and oxygen atoms in total. The largest absolute Gasteiger partial charge is 0.298 e. The van der Waals surface area contributed by atoms with Gasteiger partial charge in [0, 0.05) is 11.7 Å². The highest BCUT2D eigenvalue weighted by molar-refractivity contribution is 8.00. The van der Waals surface area contributed by atoms with Crippen LogP contribution in [-0.2, 0) is 11.2 Å². The number of hydrogen-bond donors (Lipinski definition) is 0. The predicted molar refractivity (Wildman–Crippen MR) is 60.7 cm³/mol. The van der Waals surface area contributed by atoms with Crippen molar-refractivity contribution in [3.05, 3.63) is 35.4 Å². The first-order valence-corrected chi connectivity index (χ1v) is 6.08. The van der Waals surface area contributed by atoms with Crippen LogP contribution in [0.4, 0.5) is 0 Å². The molecule has 0 bridgehead atoms. The van der Waals surface area contributed by atoms with Crippen molar-refractivity contribution in [3.8, 4) is 0 Å². The smallest absolute Gasteiger partial charge is 0.146 e. The normalized spacial score (nSPS) is 21.5. The van der Waals surface area contributed by atoms with E-state index in [1.165, 1.54) is 11.1 Å². The Morgan fingerprint density at radius 2 is 2.21 bits per heavy atom. The van der Waals surface area contributed by atoms with E-state index in [0.717, 1.165) is 17.9 Å². The topological polar surface area (TPSA) is 17.1 Å². The van der Waals surface area contributed by atoms with Gasteiger partial charge in [0.05, 0.1) is 5.75 Å². The molecule has 1 aromatic rings. The third kappa shape index (κ3) is 2.01. The quantitative estimate of drug-likeness (QED) is 0.739. The third-order valence-corrected chi connectivity index (χ3v) is 3.87. The molecule has 0 radical (unpaired) electrons. The summed E-state index contributed by atoms with van der Waals surface area (Å²) >= 11 is 1.77. The number of benzene rings is 1. The molecule has 1 atom stereocenters. The van der Waals surface area contributed by atoms with Crippen LogP contribution in [0.3, 0.4) is 0 Å². The van der Waals surface area contributed by atoms with E-state index < -0.39 is 0 Å². The lowest BCUT2D eigenvalue weighted by atomic mass is 9.95. The van der Waals surface area contributed by atoms with Gasteiger partial charge in [-0.1, -0.05) is 24.3 Å². The zero-order chi connectivity index (χ0) is 9.97. The summed E-state index contributed by atoms with van der Waals surface area (Å²) in [6.45, 7) is 2.11. The molecular formula is C12H14OS. The number of rotatable bonds is 2. The first-order valence-electron chi connectivity index (χ1n) is 4.92. The van der Waals surface area contributed by atoms with Gasteiger partial charge in [0.2, 0.25) is 0 Å². The average Bonchev–Trinajstić information content (AvgIpc) is 2.56. The van der Waals surface area contributed by atoms with E-state index in [0.29, 0.717) is 5.78 Å². The molecule has 1 saturated heterocycles. The molecule has 2 heteroatoms. The number of hydrogen-bond acceptors (Lipinski definition) is 2. The van der Waals surface area contributed by atoms with E-state index in [-0.39, 0.29) is 5.92 Å². The molecule has 0 amide bonds. The van der Waals surface area contributed by atoms with E-state index in [1.807, 2.05) is 6.07 Å². The first-order chi connectivity index (χ1) is 6.77. The van der Waals surface area contributed by atoms with Crippen molar-refractivity contribution < 1.29 is 4.79 Å². The monoisotopic (exact) mass is 206 g/mol. The van der Waals surface area contributed by atoms with Crippen LogP contribution in [0.2, 0.25) is 0 Å². The van der Waals surface area contributed by atoms with Crippen LogP contribution < -0.4 is 0 Å². The first kappa shape index (κ1) is 9.78. The van der Waals surface area contributed by atoms with Gasteiger partial charge < -0.3 is 0 Å². The van der Waals surface area contributed by atoms with Crippen LogP contribution in [0.5, 0.6) is 0 Å². The van der Waals surface area contributed by atoms with E-state index in [2.05, 4.69) is 25.1 Å². The molecule has 1 fully saturated rings. The van der Waals surface area contributed by atoms with Crippen molar-refractivity contribution >= 4 is 17.5 Å². The van der Waals surface area contributed by atoms with Crippen LogP contribution in [0.1, 0.15) is 11.1 Å². The minimum Gasteiger partial charge on any atom is -0.298 e. The van der Waals surface area contributed by atoms with Gasteiger partial charge in [-0.05, 0) is 24.5 Å². The Bertz CT molecular complexity index is 346. The Labute approximate surface area is 88.9 Å². The molecule has 0 N–H and O–H groups in total. The van der Waals surface area contributed by atoms with Crippen molar-refractivity contribution in [1.82, 2.24) is 0 Å². The van der Waals surface area contributed by atoms with Gasteiger partial charge in [0.1, 0.15) is 5.78 Å². The highest BCUT2D eigenvalue weighted by Gasteiger charge is 2.25. The van der Waals surface area contributed by atoms with E-state index >= 15 is 0 Å². The minimum absolute atomic E-state index is 0.265. The lowest BCUT2D eigenvalue weighted by Gasteiger charge is -2.09. The summed E-state index contributed by atoms with van der Waals surface area (Å²) in [5.41, 5.74) is 2.63. The standard InChI is InChI=1S/C12H14OS/c1-9-4-2-3-5-10(9)6-11-7-14-8-12(11)13/h2-5,11H,6-8H2,1H3. The van der Waals surface area contributed by atoms with Gasteiger partial charge in [-0.3, -0.25) is 4.79 Å². The van der Waals surface area contributed by atoms with Crippen molar-refractivity contribution in [2.24, 2.45) is 5.92 Å². The molecular weight excluding hydrogens is 192 g/mol. The Hall–Kier alpha value is -0.760. The SMILES string of the molecule is Cc1ccccc1CC1CSCC1=O. The fourth-order valence-electron chi connectivity index (χ4n) is 1.79. The number of ketones is 1. The molecule has 1 aliphatic rings. The fraction of sp³-hybridized carbons (Fsp3) is 0.417. The number of thioether (sulfide) groups is 1. The van der Waals surface area contributed by atoms with Gasteiger partial charge in [-0.25, -0.2) is 0 Å². The van der Waals surface area contributed by atoms with E-state index in [4.69, 9.17) is 0 Å². The molecule has 0 saturated carbocycles. The van der Waals surface area contributed by atoms with Crippen molar-refractivity contribution in [3.63, 3.8) is 0 Å². The molecule has 1 unspecified atom stereocenters. The molecule has 14 heavy (non-hydrogen) atoms. The second-order valence-electron chi connectivity index (χ2n) is 3.81. The van der Waals surface area contributed by atoms with Gasteiger partial charge >= 0.3 is 0 Å². The van der Waals surface area contributed by atoms with Crippen molar-refractivity contribution in [2.45, 2.75) is 13.3 Å². The molecule has 0 aromatic heterocycles. The maximum Gasteiger partial charge on any atom is 0.146 e. The van der Waals surface area contributed by atoms with Gasteiger partial charge in [0.15, 0.2) is 0 Å². The fourth-order valence-corrected chi connectivity index (χ4v) is 2.93. The molecule has 2 rings (SSSR count). The number of Topliss-reactive ketones (excluding diaryl/α,β-unsaturated/α-hetero) is 1. The highest BCUT2D eigenvalue weighted by atomic mass is 32.2. The summed E-state index contributed by atoms with van der Waals surface area (Å²) < 4.78 is 0. The van der Waals surface area contributed by atoms with Gasteiger partial charge in [-0.2, -0.15) is 11.8 Å². The van der Waals surface area contributed by atoms with E-state index in [1.54, 1.807) is 11.8 Å². The lowest BCUT2D eigenvalue weighted by Crippen LogP contribution is -2.14. The predicted octanol–water partition coefficient (Wildman–Crippen LogP) is 2.47. The average molecular weight is 206 g/mol. The number of aryl methyl sites for hydroxylation is 1. The Balaban J connectivity index is 2.10. The third-order valence-electron chi connectivity index (χ3n) is 2.75. The summed E-state index contributed by atoms with van der Waals surface area (Å²) in [5.74, 6) is 2.42. The van der Waals surface area contributed by atoms with Crippen LogP contribution in [0.25, 0.3) is 0 Å². The molecule has 74 valence electrons. The van der Waals surface area contributed by atoms with Crippen LogP contribution in [0, 0.1) is 12.8 Å². The zero-order valence-electron chi connectivity index (χ0n) is 8.32. The molecule has 1 heterocycles. The summed E-state index contributed by atoms with van der Waals surface area (Å²) in [7, 11) is 0. The van der Waals surface area contributed by atoms with Crippen LogP contribution in [0.15, 0.2) is 24.3 Å². The molecule has 0 aliphatic carbocycles. The molecule has 1 aliphatic heterocycles. The maximum atomic E-state index is 11.5. The molecule has 1 aromatic carbocycles. The number of carbonyl (C=O) groups excluding carboxylic acids is 1. The minimum atomic E-state index is 0.265. The summed E-state index contributed by atoms with van der Waals surface area (Å²) in [5, 5.41) is 0. The number of carbonyl (C=O) groups is 1. The van der Waals surface area contributed by atoms with Crippen LogP contribution >= 0.6 is 11.8 Å². The summed E-state index contributed by atoms with van der Waals surface area (Å²) in [6, 6.07) is 8.34. The second kappa shape index (κ2) is 4.18. The van der Waals surface area contributed by atoms with E-state index in [9.17, 15) is 4.79 Å². The Kier molecular flexibility index (Phi) is 2.92. The van der Waals surface area contributed by atoms with Crippen molar-refractivity contribution in [2.75, 3.05) is 11.5 Å². The van der Waals surface area contributed by atoms with Gasteiger partial charge in [-0.15, -0.1) is 0 Å². The Morgan fingerprint density at radius 3 is 2.86 bits per heavy atom.